The Morgan fingerprint density at radius 1 is 1.53 bits per heavy atom. The molecule has 1 rings (SSSR count). The van der Waals surface area contributed by atoms with E-state index in [0.29, 0.717) is 5.56 Å². The minimum absolute atomic E-state index is 0.267. The van der Waals surface area contributed by atoms with E-state index in [4.69, 9.17) is 4.74 Å². The van der Waals surface area contributed by atoms with E-state index in [1.54, 1.807) is 19.1 Å². The van der Waals surface area contributed by atoms with E-state index in [1.807, 2.05) is 13.0 Å². The Balaban J connectivity index is 2.90. The molecule has 0 fully saturated rings. The molecule has 15 heavy (non-hydrogen) atoms. The van der Waals surface area contributed by atoms with E-state index in [9.17, 15) is 9.90 Å². The molecule has 1 unspecified atom stereocenters. The van der Waals surface area contributed by atoms with Crippen molar-refractivity contribution in [2.75, 3.05) is 6.61 Å². The quantitative estimate of drug-likeness (QED) is 0.860. The van der Waals surface area contributed by atoms with Gasteiger partial charge >= 0.3 is 5.97 Å². The topological polar surface area (TPSA) is 46.5 Å². The average molecular weight is 273 g/mol. The maximum atomic E-state index is 11.3. The van der Waals surface area contributed by atoms with Gasteiger partial charge in [-0.2, -0.15) is 0 Å². The van der Waals surface area contributed by atoms with Gasteiger partial charge in [-0.25, -0.2) is 4.79 Å². The maximum absolute atomic E-state index is 11.3. The molecule has 0 aliphatic carbocycles. The van der Waals surface area contributed by atoms with Gasteiger partial charge in [0.2, 0.25) is 0 Å². The van der Waals surface area contributed by atoms with Gasteiger partial charge in [-0.3, -0.25) is 0 Å². The van der Waals surface area contributed by atoms with Gasteiger partial charge in [-0.05, 0) is 37.1 Å². The summed E-state index contributed by atoms with van der Waals surface area (Å²) in [5, 5.41) is 9.67. The van der Waals surface area contributed by atoms with Gasteiger partial charge in [0.1, 0.15) is 0 Å². The number of carbonyl (C=O) groups is 1. The lowest BCUT2D eigenvalue weighted by molar-refractivity contribution is -0.153. The summed E-state index contributed by atoms with van der Waals surface area (Å²) in [6.45, 7) is 3.87. The van der Waals surface area contributed by atoms with Crippen LogP contribution in [0.5, 0.6) is 0 Å². The molecule has 0 amide bonds. The lowest BCUT2D eigenvalue weighted by atomic mass is 10.1. The Hall–Kier alpha value is -0.870. The molecular weight excluding hydrogens is 260 g/mol. The first-order chi connectivity index (χ1) is 7.04. The Morgan fingerprint density at radius 2 is 2.20 bits per heavy atom. The molecule has 0 saturated carbocycles. The van der Waals surface area contributed by atoms with Crippen LogP contribution in [0.2, 0.25) is 0 Å². The summed E-state index contributed by atoms with van der Waals surface area (Å²) >= 11 is 3.31. The van der Waals surface area contributed by atoms with Crippen LogP contribution in [-0.4, -0.2) is 17.7 Å². The summed E-state index contributed by atoms with van der Waals surface area (Å²) < 4.78 is 5.57. The van der Waals surface area contributed by atoms with Crippen molar-refractivity contribution in [3.05, 3.63) is 33.8 Å². The zero-order valence-electron chi connectivity index (χ0n) is 8.66. The predicted octanol–water partition coefficient (Wildman–Crippen LogP) is 2.35. The summed E-state index contributed by atoms with van der Waals surface area (Å²) in [6, 6.07) is 5.36. The van der Waals surface area contributed by atoms with Crippen LogP contribution in [0.3, 0.4) is 0 Å². The number of hydrogen-bond acceptors (Lipinski definition) is 3. The summed E-state index contributed by atoms with van der Waals surface area (Å²) in [5.41, 5.74) is 1.52. The average Bonchev–Trinajstić information content (AvgIpc) is 2.15. The van der Waals surface area contributed by atoms with E-state index in [-0.39, 0.29) is 6.61 Å². The number of benzene rings is 1. The van der Waals surface area contributed by atoms with Crippen molar-refractivity contribution in [2.24, 2.45) is 0 Å². The molecule has 0 aromatic heterocycles. The van der Waals surface area contributed by atoms with Crippen LogP contribution in [-0.2, 0) is 9.53 Å². The van der Waals surface area contributed by atoms with Crippen molar-refractivity contribution in [3.8, 4) is 0 Å². The summed E-state index contributed by atoms with van der Waals surface area (Å²) in [6.07, 6.45) is -1.21. The standard InChI is InChI=1S/C11H13BrO3/c1-3-15-11(14)10(13)8-4-7(2)5-9(12)6-8/h4-6,10,13H,3H2,1-2H3. The van der Waals surface area contributed by atoms with Crippen LogP contribution >= 0.6 is 15.9 Å². The predicted molar refractivity (Wildman–Crippen MR) is 60.5 cm³/mol. The van der Waals surface area contributed by atoms with E-state index >= 15 is 0 Å². The number of esters is 1. The first kappa shape index (κ1) is 12.2. The first-order valence-corrected chi connectivity index (χ1v) is 5.45. The molecule has 0 heterocycles. The van der Waals surface area contributed by atoms with E-state index < -0.39 is 12.1 Å². The molecule has 1 N–H and O–H groups in total. The second-order valence-electron chi connectivity index (χ2n) is 3.22. The van der Waals surface area contributed by atoms with Gasteiger partial charge in [0.15, 0.2) is 6.10 Å². The molecule has 1 aromatic rings. The van der Waals surface area contributed by atoms with Crippen molar-refractivity contribution in [1.29, 1.82) is 0 Å². The van der Waals surface area contributed by atoms with Gasteiger partial charge in [-0.1, -0.05) is 22.0 Å². The Morgan fingerprint density at radius 3 is 2.73 bits per heavy atom. The molecule has 0 saturated heterocycles. The smallest absolute Gasteiger partial charge is 0.339 e. The zero-order valence-corrected chi connectivity index (χ0v) is 10.2. The molecule has 3 nitrogen and oxygen atoms in total. The SMILES string of the molecule is CCOC(=O)C(O)c1cc(C)cc(Br)c1. The molecule has 0 spiro atoms. The fourth-order valence-corrected chi connectivity index (χ4v) is 1.91. The highest BCUT2D eigenvalue weighted by Crippen LogP contribution is 2.21. The largest absolute Gasteiger partial charge is 0.464 e. The van der Waals surface area contributed by atoms with E-state index in [0.717, 1.165) is 10.0 Å². The van der Waals surface area contributed by atoms with Crippen molar-refractivity contribution in [1.82, 2.24) is 0 Å². The summed E-state index contributed by atoms with van der Waals surface area (Å²) in [7, 11) is 0. The van der Waals surface area contributed by atoms with E-state index in [1.165, 1.54) is 0 Å². The van der Waals surface area contributed by atoms with Crippen molar-refractivity contribution >= 4 is 21.9 Å². The van der Waals surface area contributed by atoms with Crippen molar-refractivity contribution in [3.63, 3.8) is 0 Å². The molecule has 0 aliphatic heterocycles. The van der Waals surface area contributed by atoms with Gasteiger partial charge < -0.3 is 9.84 Å². The molecule has 82 valence electrons. The highest BCUT2D eigenvalue weighted by Gasteiger charge is 2.18. The number of carbonyl (C=O) groups excluding carboxylic acids is 1. The molecule has 1 atom stereocenters. The number of rotatable bonds is 3. The fourth-order valence-electron chi connectivity index (χ4n) is 1.28. The Kier molecular flexibility index (Phi) is 4.29. The van der Waals surface area contributed by atoms with Gasteiger partial charge in [0, 0.05) is 4.47 Å². The molecular formula is C11H13BrO3. The number of halogens is 1. The van der Waals surface area contributed by atoms with E-state index in [2.05, 4.69) is 15.9 Å². The second kappa shape index (κ2) is 5.28. The van der Waals surface area contributed by atoms with Crippen LogP contribution < -0.4 is 0 Å². The van der Waals surface area contributed by atoms with Crippen LogP contribution in [0.4, 0.5) is 0 Å². The van der Waals surface area contributed by atoms with Gasteiger partial charge in [0.05, 0.1) is 6.61 Å². The summed E-state index contributed by atoms with van der Waals surface area (Å²) in [4.78, 5) is 11.3. The number of ether oxygens (including phenoxy) is 1. The van der Waals surface area contributed by atoms with Crippen molar-refractivity contribution < 1.29 is 14.6 Å². The molecule has 1 aromatic carbocycles. The third kappa shape index (κ3) is 3.32. The first-order valence-electron chi connectivity index (χ1n) is 4.66. The molecule has 0 radical (unpaired) electrons. The van der Waals surface area contributed by atoms with Crippen LogP contribution in [0.25, 0.3) is 0 Å². The highest BCUT2D eigenvalue weighted by atomic mass is 79.9. The lowest BCUT2D eigenvalue weighted by Crippen LogP contribution is -2.15. The lowest BCUT2D eigenvalue weighted by Gasteiger charge is -2.10. The molecule has 4 heteroatoms. The highest BCUT2D eigenvalue weighted by molar-refractivity contribution is 9.10. The number of hydrogen-bond donors (Lipinski definition) is 1. The summed E-state index contributed by atoms with van der Waals surface area (Å²) in [5.74, 6) is -0.616. The third-order valence-electron chi connectivity index (χ3n) is 1.89. The Bertz CT molecular complexity index is 343. The third-order valence-corrected chi connectivity index (χ3v) is 2.35. The van der Waals surface area contributed by atoms with Crippen LogP contribution in [0.1, 0.15) is 24.2 Å². The van der Waals surface area contributed by atoms with Gasteiger partial charge in [-0.15, -0.1) is 0 Å². The number of aliphatic hydroxyl groups excluding tert-OH is 1. The minimum Gasteiger partial charge on any atom is -0.464 e. The molecule has 0 aliphatic rings. The fraction of sp³-hybridized carbons (Fsp3) is 0.364. The Labute approximate surface area is 97.2 Å². The van der Waals surface area contributed by atoms with Crippen LogP contribution in [0, 0.1) is 6.92 Å². The number of aryl methyl sites for hydroxylation is 1. The number of aliphatic hydroxyl groups is 1. The normalized spacial score (nSPS) is 12.3. The van der Waals surface area contributed by atoms with Crippen molar-refractivity contribution in [2.45, 2.75) is 20.0 Å². The molecule has 0 bridgehead atoms. The maximum Gasteiger partial charge on any atom is 0.339 e. The zero-order chi connectivity index (χ0) is 11.4. The monoisotopic (exact) mass is 272 g/mol. The van der Waals surface area contributed by atoms with Gasteiger partial charge in [0.25, 0.3) is 0 Å². The minimum atomic E-state index is -1.21. The van der Waals surface area contributed by atoms with Crippen LogP contribution in [0.15, 0.2) is 22.7 Å². The second-order valence-corrected chi connectivity index (χ2v) is 4.13.